The molecule has 0 atom stereocenters. The highest BCUT2D eigenvalue weighted by Gasteiger charge is 2.18. The SMILES string of the molecule is Clc1ccccc1N1CCN(Cc2ccsc2)CC1. The van der Waals surface area contributed by atoms with Crippen LogP contribution in [-0.2, 0) is 6.54 Å². The molecule has 2 nitrogen and oxygen atoms in total. The lowest BCUT2D eigenvalue weighted by molar-refractivity contribution is 0.250. The highest BCUT2D eigenvalue weighted by atomic mass is 35.5. The molecule has 0 bridgehead atoms. The summed E-state index contributed by atoms with van der Waals surface area (Å²) in [7, 11) is 0. The zero-order chi connectivity index (χ0) is 13.1. The van der Waals surface area contributed by atoms with Gasteiger partial charge in [0.1, 0.15) is 0 Å². The molecule has 0 amide bonds. The van der Waals surface area contributed by atoms with Crippen molar-refractivity contribution in [1.82, 2.24) is 4.90 Å². The molecule has 0 unspecified atom stereocenters. The van der Waals surface area contributed by atoms with Crippen LogP contribution in [0.15, 0.2) is 41.1 Å². The van der Waals surface area contributed by atoms with E-state index in [0.29, 0.717) is 0 Å². The third-order valence-corrected chi connectivity index (χ3v) is 4.60. The van der Waals surface area contributed by atoms with Crippen molar-refractivity contribution in [2.45, 2.75) is 6.54 Å². The van der Waals surface area contributed by atoms with E-state index < -0.39 is 0 Å². The minimum Gasteiger partial charge on any atom is -0.368 e. The second-order valence-corrected chi connectivity index (χ2v) is 6.03. The molecule has 1 aliphatic heterocycles. The van der Waals surface area contributed by atoms with Gasteiger partial charge >= 0.3 is 0 Å². The van der Waals surface area contributed by atoms with E-state index in [1.54, 1.807) is 11.3 Å². The number of hydrogen-bond acceptors (Lipinski definition) is 3. The predicted octanol–water partition coefficient (Wildman–Crippen LogP) is 3.72. The van der Waals surface area contributed by atoms with Crippen LogP contribution < -0.4 is 4.90 Å². The highest BCUT2D eigenvalue weighted by Crippen LogP contribution is 2.26. The molecule has 0 N–H and O–H groups in total. The summed E-state index contributed by atoms with van der Waals surface area (Å²) in [5.41, 5.74) is 2.59. The van der Waals surface area contributed by atoms with Gasteiger partial charge < -0.3 is 4.90 Å². The average Bonchev–Trinajstić information content (AvgIpc) is 2.93. The van der Waals surface area contributed by atoms with Crippen LogP contribution >= 0.6 is 22.9 Å². The van der Waals surface area contributed by atoms with Crippen LogP contribution in [0.5, 0.6) is 0 Å². The second-order valence-electron chi connectivity index (χ2n) is 4.85. The van der Waals surface area contributed by atoms with Crippen LogP contribution in [0.1, 0.15) is 5.56 Å². The maximum absolute atomic E-state index is 6.26. The Morgan fingerprint density at radius 2 is 1.84 bits per heavy atom. The Labute approximate surface area is 123 Å². The van der Waals surface area contributed by atoms with Gasteiger partial charge in [-0.05, 0) is 34.5 Å². The lowest BCUT2D eigenvalue weighted by Gasteiger charge is -2.36. The van der Waals surface area contributed by atoms with Crippen LogP contribution in [0.4, 0.5) is 5.69 Å². The van der Waals surface area contributed by atoms with Gasteiger partial charge in [-0.15, -0.1) is 0 Å². The molecule has 1 aromatic heterocycles. The van der Waals surface area contributed by atoms with Gasteiger partial charge in [0.15, 0.2) is 0 Å². The molecule has 100 valence electrons. The van der Waals surface area contributed by atoms with Gasteiger partial charge in [0.2, 0.25) is 0 Å². The first kappa shape index (κ1) is 13.0. The van der Waals surface area contributed by atoms with Gasteiger partial charge in [0, 0.05) is 32.7 Å². The Kier molecular flexibility index (Phi) is 4.06. The number of hydrogen-bond donors (Lipinski definition) is 0. The van der Waals surface area contributed by atoms with E-state index in [4.69, 9.17) is 11.6 Å². The molecule has 2 aromatic rings. The maximum atomic E-state index is 6.26. The minimum atomic E-state index is 0.855. The van der Waals surface area contributed by atoms with Crippen molar-refractivity contribution in [3.05, 3.63) is 51.7 Å². The fraction of sp³-hybridized carbons (Fsp3) is 0.333. The first-order valence-electron chi connectivity index (χ1n) is 6.56. The fourth-order valence-electron chi connectivity index (χ4n) is 2.50. The molecule has 1 aliphatic rings. The van der Waals surface area contributed by atoms with Crippen LogP contribution in [0.2, 0.25) is 5.02 Å². The number of nitrogens with zero attached hydrogens (tertiary/aromatic N) is 2. The molecular formula is C15H17ClN2S. The summed E-state index contributed by atoms with van der Waals surface area (Å²) in [6, 6.07) is 10.3. The van der Waals surface area contributed by atoms with E-state index in [1.165, 1.54) is 11.3 Å². The van der Waals surface area contributed by atoms with Gasteiger partial charge in [-0.3, -0.25) is 4.90 Å². The quantitative estimate of drug-likeness (QED) is 0.851. The van der Waals surface area contributed by atoms with Gasteiger partial charge in [-0.1, -0.05) is 23.7 Å². The van der Waals surface area contributed by atoms with E-state index in [0.717, 1.165) is 37.7 Å². The first-order valence-corrected chi connectivity index (χ1v) is 7.88. The molecule has 2 heterocycles. The summed E-state index contributed by atoms with van der Waals surface area (Å²) >= 11 is 8.03. The van der Waals surface area contributed by atoms with Crippen molar-refractivity contribution in [3.8, 4) is 0 Å². The van der Waals surface area contributed by atoms with E-state index >= 15 is 0 Å². The lowest BCUT2D eigenvalue weighted by atomic mass is 10.2. The summed E-state index contributed by atoms with van der Waals surface area (Å²) < 4.78 is 0. The average molecular weight is 293 g/mol. The number of anilines is 1. The van der Waals surface area contributed by atoms with Gasteiger partial charge in [0.25, 0.3) is 0 Å². The molecule has 0 spiro atoms. The summed E-state index contributed by atoms with van der Waals surface area (Å²) in [5, 5.41) is 5.24. The number of para-hydroxylation sites is 1. The molecule has 0 aliphatic carbocycles. The molecule has 0 radical (unpaired) electrons. The van der Waals surface area contributed by atoms with Gasteiger partial charge in [-0.2, -0.15) is 11.3 Å². The zero-order valence-electron chi connectivity index (χ0n) is 10.8. The van der Waals surface area contributed by atoms with Gasteiger partial charge in [-0.25, -0.2) is 0 Å². The highest BCUT2D eigenvalue weighted by molar-refractivity contribution is 7.07. The molecule has 1 saturated heterocycles. The normalized spacial score (nSPS) is 16.8. The number of halogens is 1. The Morgan fingerprint density at radius 3 is 2.53 bits per heavy atom. The van der Waals surface area contributed by atoms with Crippen molar-refractivity contribution in [1.29, 1.82) is 0 Å². The van der Waals surface area contributed by atoms with E-state index in [1.807, 2.05) is 12.1 Å². The fourth-order valence-corrected chi connectivity index (χ4v) is 3.41. The summed E-state index contributed by atoms with van der Waals surface area (Å²) in [5.74, 6) is 0. The second kappa shape index (κ2) is 5.95. The molecule has 1 aromatic carbocycles. The van der Waals surface area contributed by atoms with Crippen LogP contribution in [0.25, 0.3) is 0 Å². The van der Waals surface area contributed by atoms with E-state index in [2.05, 4.69) is 38.8 Å². The Hall–Kier alpha value is -1.03. The largest absolute Gasteiger partial charge is 0.368 e. The van der Waals surface area contributed by atoms with Gasteiger partial charge in [0.05, 0.1) is 10.7 Å². The summed E-state index contributed by atoms with van der Waals surface area (Å²) in [6.45, 7) is 5.36. The molecule has 0 saturated carbocycles. The first-order chi connectivity index (χ1) is 9.33. The third-order valence-electron chi connectivity index (χ3n) is 3.55. The summed E-state index contributed by atoms with van der Waals surface area (Å²) in [4.78, 5) is 4.89. The van der Waals surface area contributed by atoms with Crippen LogP contribution in [-0.4, -0.2) is 31.1 Å². The van der Waals surface area contributed by atoms with Crippen molar-refractivity contribution in [3.63, 3.8) is 0 Å². The zero-order valence-corrected chi connectivity index (χ0v) is 12.3. The van der Waals surface area contributed by atoms with Crippen LogP contribution in [0, 0.1) is 0 Å². The van der Waals surface area contributed by atoms with E-state index in [9.17, 15) is 0 Å². The predicted molar refractivity (Wildman–Crippen MR) is 83.3 cm³/mol. The standard InChI is InChI=1S/C15H17ClN2S/c16-14-3-1-2-4-15(14)18-8-6-17(7-9-18)11-13-5-10-19-12-13/h1-5,10,12H,6-9,11H2. The number of benzene rings is 1. The molecule has 3 rings (SSSR count). The minimum absolute atomic E-state index is 0.855. The topological polar surface area (TPSA) is 6.48 Å². The smallest absolute Gasteiger partial charge is 0.0639 e. The van der Waals surface area contributed by atoms with Crippen molar-refractivity contribution < 1.29 is 0 Å². The maximum Gasteiger partial charge on any atom is 0.0639 e. The Balaban J connectivity index is 1.59. The number of piperazine rings is 1. The summed E-state index contributed by atoms with van der Waals surface area (Å²) in [6.07, 6.45) is 0. The molecule has 1 fully saturated rings. The van der Waals surface area contributed by atoms with Crippen molar-refractivity contribution in [2.75, 3.05) is 31.1 Å². The molecule has 4 heteroatoms. The van der Waals surface area contributed by atoms with Crippen molar-refractivity contribution >= 4 is 28.6 Å². The number of thiophene rings is 1. The number of rotatable bonds is 3. The van der Waals surface area contributed by atoms with E-state index in [-0.39, 0.29) is 0 Å². The van der Waals surface area contributed by atoms with Crippen LogP contribution in [0.3, 0.4) is 0 Å². The Morgan fingerprint density at radius 1 is 1.05 bits per heavy atom. The lowest BCUT2D eigenvalue weighted by Crippen LogP contribution is -2.46. The Bertz CT molecular complexity index is 519. The molecular weight excluding hydrogens is 276 g/mol. The molecule has 19 heavy (non-hydrogen) atoms. The van der Waals surface area contributed by atoms with Crippen molar-refractivity contribution in [2.24, 2.45) is 0 Å². The third kappa shape index (κ3) is 3.11. The monoisotopic (exact) mass is 292 g/mol.